The zero-order chi connectivity index (χ0) is 9.56. The molecule has 70 valence electrons. The summed E-state index contributed by atoms with van der Waals surface area (Å²) in [6, 6.07) is 0. The number of aliphatic hydroxyl groups excluding tert-OH is 1. The van der Waals surface area contributed by atoms with E-state index in [-0.39, 0.29) is 12.0 Å². The fourth-order valence-corrected chi connectivity index (χ4v) is 0.661. The summed E-state index contributed by atoms with van der Waals surface area (Å²) in [5.41, 5.74) is 0. The molecule has 0 aromatic heterocycles. The Hall–Kier alpha value is -0.540. The molecule has 0 aliphatic carbocycles. The first kappa shape index (κ1) is 11.5. The molecule has 1 N–H and O–H groups in total. The highest BCUT2D eigenvalue weighted by Gasteiger charge is 2.11. The molecule has 0 heterocycles. The monoisotopic (exact) mass is 192 g/mol. The van der Waals surface area contributed by atoms with Crippen LogP contribution in [0.5, 0.6) is 0 Å². The summed E-state index contributed by atoms with van der Waals surface area (Å²) in [5, 5.41) is 8.58. The van der Waals surface area contributed by atoms with Crippen LogP contribution in [0, 0.1) is 0 Å². The van der Waals surface area contributed by atoms with Gasteiger partial charge in [-0.25, -0.2) is 4.79 Å². The molecule has 0 fully saturated rings. The molecule has 2 unspecified atom stereocenters. The fourth-order valence-electron chi connectivity index (χ4n) is 0.572. The lowest BCUT2D eigenvalue weighted by Gasteiger charge is -2.11. The molecule has 0 aliphatic rings. The molecular weight excluding hydrogens is 180 g/mol. The summed E-state index contributed by atoms with van der Waals surface area (Å²) in [6.07, 6.45) is 0.943. The first-order chi connectivity index (χ1) is 5.57. The maximum absolute atomic E-state index is 10.5. The van der Waals surface area contributed by atoms with Gasteiger partial charge in [-0.05, 0) is 6.92 Å². The van der Waals surface area contributed by atoms with E-state index in [1.807, 2.05) is 0 Å². The molecule has 0 spiro atoms. The van der Waals surface area contributed by atoms with Crippen molar-refractivity contribution in [2.45, 2.75) is 24.8 Å². The van der Waals surface area contributed by atoms with Crippen LogP contribution in [0.1, 0.15) is 13.3 Å². The van der Waals surface area contributed by atoms with Gasteiger partial charge < -0.3 is 9.84 Å². The minimum absolute atomic E-state index is 0.212. The number of carbonyl (C=O) groups excluding carboxylic acids is 1. The second-order valence-electron chi connectivity index (χ2n) is 2.42. The second-order valence-corrected chi connectivity index (χ2v) is 2.98. The first-order valence-corrected chi connectivity index (χ1v) is 4.13. The van der Waals surface area contributed by atoms with Crippen LogP contribution in [0.15, 0.2) is 12.7 Å². The molecule has 0 bridgehead atoms. The number of hydrogen-bond donors (Lipinski definition) is 1. The van der Waals surface area contributed by atoms with Crippen LogP contribution in [0.25, 0.3) is 0 Å². The number of rotatable bonds is 5. The first-order valence-electron chi connectivity index (χ1n) is 3.69. The number of alkyl halides is 1. The average Bonchev–Trinajstić information content (AvgIpc) is 2.03. The summed E-state index contributed by atoms with van der Waals surface area (Å²) < 4.78 is 4.66. The van der Waals surface area contributed by atoms with E-state index in [0.717, 1.165) is 6.08 Å². The van der Waals surface area contributed by atoms with Gasteiger partial charge in [-0.1, -0.05) is 6.58 Å². The largest absolute Gasteiger partial charge is 0.462 e. The zero-order valence-electron chi connectivity index (χ0n) is 7.00. The van der Waals surface area contributed by atoms with Crippen molar-refractivity contribution in [3.8, 4) is 0 Å². The Kier molecular flexibility index (Phi) is 5.76. The molecular formula is C8H13ClO3. The summed E-state index contributed by atoms with van der Waals surface area (Å²) >= 11 is 5.68. The minimum Gasteiger partial charge on any atom is -0.462 e. The van der Waals surface area contributed by atoms with E-state index in [4.69, 9.17) is 16.7 Å². The molecule has 0 saturated carbocycles. The van der Waals surface area contributed by atoms with Crippen molar-refractivity contribution in [1.82, 2.24) is 0 Å². The zero-order valence-corrected chi connectivity index (χ0v) is 7.75. The van der Waals surface area contributed by atoms with Crippen molar-refractivity contribution < 1.29 is 14.6 Å². The van der Waals surface area contributed by atoms with Gasteiger partial charge in [0.15, 0.2) is 0 Å². The SMILES string of the molecule is C=CC(=O)OCCC(Cl)C(C)O. The predicted molar refractivity (Wildman–Crippen MR) is 47.1 cm³/mol. The summed E-state index contributed by atoms with van der Waals surface area (Å²) in [7, 11) is 0. The van der Waals surface area contributed by atoms with E-state index in [1.165, 1.54) is 0 Å². The van der Waals surface area contributed by atoms with Crippen LogP contribution >= 0.6 is 11.6 Å². The van der Waals surface area contributed by atoms with Crippen molar-refractivity contribution in [2.75, 3.05) is 6.61 Å². The smallest absolute Gasteiger partial charge is 0.330 e. The molecule has 0 amide bonds. The van der Waals surface area contributed by atoms with Crippen molar-refractivity contribution in [3.63, 3.8) is 0 Å². The van der Waals surface area contributed by atoms with Crippen molar-refractivity contribution in [3.05, 3.63) is 12.7 Å². The maximum atomic E-state index is 10.5. The summed E-state index contributed by atoms with van der Waals surface area (Å²) in [6.45, 7) is 5.04. The Balaban J connectivity index is 3.43. The third kappa shape index (κ3) is 5.16. The number of ether oxygens (including phenoxy) is 1. The fraction of sp³-hybridized carbons (Fsp3) is 0.625. The van der Waals surface area contributed by atoms with Crippen LogP contribution in [0.2, 0.25) is 0 Å². The predicted octanol–water partition coefficient (Wildman–Crippen LogP) is 1.09. The molecule has 0 saturated heterocycles. The van der Waals surface area contributed by atoms with Gasteiger partial charge in [0.1, 0.15) is 0 Å². The van der Waals surface area contributed by atoms with E-state index in [0.29, 0.717) is 6.42 Å². The van der Waals surface area contributed by atoms with E-state index < -0.39 is 12.1 Å². The normalized spacial score (nSPS) is 14.9. The molecule has 12 heavy (non-hydrogen) atoms. The number of hydrogen-bond acceptors (Lipinski definition) is 3. The van der Waals surface area contributed by atoms with Crippen molar-refractivity contribution in [2.24, 2.45) is 0 Å². The van der Waals surface area contributed by atoms with Crippen LogP contribution in [-0.4, -0.2) is 29.2 Å². The van der Waals surface area contributed by atoms with Crippen LogP contribution in [0.3, 0.4) is 0 Å². The average molecular weight is 193 g/mol. The highest BCUT2D eigenvalue weighted by Crippen LogP contribution is 2.07. The molecule has 2 atom stereocenters. The topological polar surface area (TPSA) is 46.5 Å². The lowest BCUT2D eigenvalue weighted by Crippen LogP contribution is -2.19. The molecule has 3 nitrogen and oxygen atoms in total. The molecule has 4 heteroatoms. The van der Waals surface area contributed by atoms with Gasteiger partial charge in [0.2, 0.25) is 0 Å². The van der Waals surface area contributed by atoms with Crippen LogP contribution < -0.4 is 0 Å². The molecule has 0 aromatic carbocycles. The van der Waals surface area contributed by atoms with Gasteiger partial charge in [-0.3, -0.25) is 0 Å². The van der Waals surface area contributed by atoms with Crippen LogP contribution in [0.4, 0.5) is 0 Å². The van der Waals surface area contributed by atoms with Gasteiger partial charge in [0, 0.05) is 12.5 Å². The van der Waals surface area contributed by atoms with E-state index >= 15 is 0 Å². The van der Waals surface area contributed by atoms with Crippen LogP contribution in [-0.2, 0) is 9.53 Å². The molecule has 0 aromatic rings. The summed E-state index contributed by atoms with van der Waals surface area (Å²) in [5.74, 6) is -0.468. The molecule has 0 aliphatic heterocycles. The number of halogens is 1. The lowest BCUT2D eigenvalue weighted by atomic mass is 10.2. The van der Waals surface area contributed by atoms with Gasteiger partial charge in [-0.2, -0.15) is 0 Å². The van der Waals surface area contributed by atoms with Gasteiger partial charge in [-0.15, -0.1) is 11.6 Å². The highest BCUT2D eigenvalue weighted by molar-refractivity contribution is 6.21. The quantitative estimate of drug-likeness (QED) is 0.403. The second kappa shape index (κ2) is 6.03. The van der Waals surface area contributed by atoms with Crippen molar-refractivity contribution in [1.29, 1.82) is 0 Å². The van der Waals surface area contributed by atoms with E-state index in [1.54, 1.807) is 6.92 Å². The van der Waals surface area contributed by atoms with Gasteiger partial charge in [0.05, 0.1) is 18.1 Å². The Morgan fingerprint density at radius 3 is 2.83 bits per heavy atom. The highest BCUT2D eigenvalue weighted by atomic mass is 35.5. The number of carbonyl (C=O) groups is 1. The Morgan fingerprint density at radius 2 is 2.42 bits per heavy atom. The molecule has 0 radical (unpaired) electrons. The van der Waals surface area contributed by atoms with E-state index in [2.05, 4.69) is 11.3 Å². The Bertz CT molecular complexity index is 156. The van der Waals surface area contributed by atoms with Gasteiger partial charge in [0.25, 0.3) is 0 Å². The van der Waals surface area contributed by atoms with Crippen molar-refractivity contribution >= 4 is 17.6 Å². The Morgan fingerprint density at radius 1 is 1.83 bits per heavy atom. The standard InChI is InChI=1S/C8H13ClO3/c1-3-8(11)12-5-4-7(9)6(2)10/h3,6-7,10H,1,4-5H2,2H3. The third-order valence-electron chi connectivity index (χ3n) is 1.33. The maximum Gasteiger partial charge on any atom is 0.330 e. The van der Waals surface area contributed by atoms with Gasteiger partial charge >= 0.3 is 5.97 Å². The molecule has 0 rings (SSSR count). The minimum atomic E-state index is -0.589. The lowest BCUT2D eigenvalue weighted by molar-refractivity contribution is -0.137. The third-order valence-corrected chi connectivity index (χ3v) is 1.91. The summed E-state index contributed by atoms with van der Waals surface area (Å²) in [4.78, 5) is 10.5. The number of aliphatic hydroxyl groups is 1. The Labute approximate surface area is 77.0 Å². The number of esters is 1. The van der Waals surface area contributed by atoms with E-state index in [9.17, 15) is 4.79 Å².